The first-order chi connectivity index (χ1) is 9.35. The number of morpholine rings is 1. The fourth-order valence-electron chi connectivity index (χ4n) is 2.05. The van der Waals surface area contributed by atoms with Crippen LogP contribution in [0.5, 0.6) is 0 Å². The molecule has 2 rings (SSSR count). The monoisotopic (exact) mass is 389 g/mol. The summed E-state index contributed by atoms with van der Waals surface area (Å²) in [5.74, 6) is 0. The third-order valence-corrected chi connectivity index (χ3v) is 3.61. The van der Waals surface area contributed by atoms with Crippen LogP contribution in [0.1, 0.15) is 32.4 Å². The van der Waals surface area contributed by atoms with Gasteiger partial charge in [-0.15, -0.1) is 0 Å². The lowest BCUT2D eigenvalue weighted by atomic mass is 10.1. The highest BCUT2D eigenvalue weighted by molar-refractivity contribution is 14.1. The molecule has 4 nitrogen and oxygen atoms in total. The van der Waals surface area contributed by atoms with E-state index in [9.17, 15) is 4.79 Å². The summed E-state index contributed by atoms with van der Waals surface area (Å²) in [7, 11) is 0. The molecule has 1 saturated heterocycles. The quantitative estimate of drug-likeness (QED) is 0.689. The van der Waals surface area contributed by atoms with Crippen LogP contribution in [-0.4, -0.2) is 36.3 Å². The van der Waals surface area contributed by atoms with Crippen LogP contribution in [-0.2, 0) is 9.47 Å². The van der Waals surface area contributed by atoms with E-state index in [2.05, 4.69) is 28.7 Å². The highest BCUT2D eigenvalue weighted by Crippen LogP contribution is 2.24. The maximum absolute atomic E-state index is 12.1. The number of carbonyl (C=O) groups is 1. The molecule has 1 aromatic carbocycles. The second-order valence-corrected chi connectivity index (χ2v) is 7.09. The summed E-state index contributed by atoms with van der Waals surface area (Å²) in [5.41, 5.74) is 0.637. The smallest absolute Gasteiger partial charge is 0.410 e. The van der Waals surface area contributed by atoms with Crippen LogP contribution in [0.3, 0.4) is 0 Å². The molecule has 0 aromatic heterocycles. The largest absolute Gasteiger partial charge is 0.444 e. The zero-order valence-electron chi connectivity index (χ0n) is 12.1. The van der Waals surface area contributed by atoms with E-state index in [4.69, 9.17) is 9.47 Å². The van der Waals surface area contributed by atoms with Gasteiger partial charge in [-0.25, -0.2) is 4.79 Å². The predicted octanol–water partition coefficient (Wildman–Crippen LogP) is 3.60. The molecule has 1 heterocycles. The Morgan fingerprint density at radius 3 is 2.85 bits per heavy atom. The van der Waals surface area contributed by atoms with E-state index < -0.39 is 5.60 Å². The predicted molar refractivity (Wildman–Crippen MR) is 85.7 cm³/mol. The molecular weight excluding hydrogens is 369 g/mol. The van der Waals surface area contributed by atoms with Gasteiger partial charge in [0.2, 0.25) is 0 Å². The Hall–Kier alpha value is -0.820. The van der Waals surface area contributed by atoms with Gasteiger partial charge in [0.25, 0.3) is 0 Å². The average Bonchev–Trinajstić information content (AvgIpc) is 2.37. The van der Waals surface area contributed by atoms with Gasteiger partial charge in [0.15, 0.2) is 0 Å². The highest BCUT2D eigenvalue weighted by Gasteiger charge is 2.28. The van der Waals surface area contributed by atoms with Crippen LogP contribution in [0, 0.1) is 3.57 Å². The first-order valence-electron chi connectivity index (χ1n) is 6.70. The van der Waals surface area contributed by atoms with Gasteiger partial charge in [0, 0.05) is 10.1 Å². The van der Waals surface area contributed by atoms with Crippen molar-refractivity contribution in [3.8, 4) is 0 Å². The Morgan fingerprint density at radius 2 is 2.20 bits per heavy atom. The number of nitrogens with zero attached hydrogens (tertiary/aromatic N) is 1. The summed E-state index contributed by atoms with van der Waals surface area (Å²) in [6.07, 6.45) is -0.345. The molecule has 0 radical (unpaired) electrons. The number of benzene rings is 1. The van der Waals surface area contributed by atoms with Crippen LogP contribution in [0.2, 0.25) is 0 Å². The molecule has 1 aliphatic heterocycles. The van der Waals surface area contributed by atoms with Gasteiger partial charge >= 0.3 is 6.09 Å². The molecule has 1 amide bonds. The number of hydrogen-bond acceptors (Lipinski definition) is 3. The van der Waals surface area contributed by atoms with Crippen molar-refractivity contribution < 1.29 is 14.3 Å². The number of amides is 1. The van der Waals surface area contributed by atoms with Gasteiger partial charge < -0.3 is 14.4 Å². The molecule has 1 unspecified atom stereocenters. The van der Waals surface area contributed by atoms with Crippen molar-refractivity contribution in [3.63, 3.8) is 0 Å². The van der Waals surface area contributed by atoms with Gasteiger partial charge in [0.05, 0.1) is 13.2 Å². The van der Waals surface area contributed by atoms with E-state index in [0.29, 0.717) is 19.7 Å². The summed E-state index contributed by atoms with van der Waals surface area (Å²) in [6, 6.07) is 8.17. The minimum absolute atomic E-state index is 0.0778. The first kappa shape index (κ1) is 15.6. The minimum atomic E-state index is -0.465. The van der Waals surface area contributed by atoms with Crippen LogP contribution in [0.25, 0.3) is 0 Å². The zero-order valence-corrected chi connectivity index (χ0v) is 14.2. The van der Waals surface area contributed by atoms with E-state index >= 15 is 0 Å². The molecule has 1 aliphatic rings. The van der Waals surface area contributed by atoms with Crippen molar-refractivity contribution in [2.45, 2.75) is 32.5 Å². The molecule has 0 aliphatic carbocycles. The molecule has 1 aromatic rings. The standard InChI is InChI=1S/C15H20INO3/c1-15(2,3)20-14(18)17-7-8-19-13(10-17)11-5-4-6-12(16)9-11/h4-6,9,13H,7-8,10H2,1-3H3. The van der Waals surface area contributed by atoms with Crippen molar-refractivity contribution in [3.05, 3.63) is 33.4 Å². The molecule has 0 bridgehead atoms. The van der Waals surface area contributed by atoms with Gasteiger partial charge in [-0.05, 0) is 61.1 Å². The summed E-state index contributed by atoms with van der Waals surface area (Å²) in [4.78, 5) is 13.8. The SMILES string of the molecule is CC(C)(C)OC(=O)N1CCOC(c2cccc(I)c2)C1. The van der Waals surface area contributed by atoms with Crippen LogP contribution in [0.4, 0.5) is 4.79 Å². The molecule has 1 atom stereocenters. The lowest BCUT2D eigenvalue weighted by Gasteiger charge is -2.34. The van der Waals surface area contributed by atoms with Crippen molar-refractivity contribution in [2.24, 2.45) is 0 Å². The van der Waals surface area contributed by atoms with Crippen molar-refractivity contribution in [1.29, 1.82) is 0 Å². The second-order valence-electron chi connectivity index (χ2n) is 5.84. The third-order valence-electron chi connectivity index (χ3n) is 2.94. The molecule has 0 spiro atoms. The van der Waals surface area contributed by atoms with Crippen molar-refractivity contribution in [1.82, 2.24) is 4.90 Å². The Morgan fingerprint density at radius 1 is 1.45 bits per heavy atom. The Kier molecular flexibility index (Phi) is 4.90. The maximum Gasteiger partial charge on any atom is 0.410 e. The first-order valence-corrected chi connectivity index (χ1v) is 7.78. The molecular formula is C15H20INO3. The number of carbonyl (C=O) groups excluding carboxylic acids is 1. The van der Waals surface area contributed by atoms with Crippen molar-refractivity contribution in [2.75, 3.05) is 19.7 Å². The highest BCUT2D eigenvalue weighted by atomic mass is 127. The molecule has 0 N–H and O–H groups in total. The topological polar surface area (TPSA) is 38.8 Å². The molecule has 110 valence electrons. The maximum atomic E-state index is 12.1. The Labute approximate surface area is 133 Å². The lowest BCUT2D eigenvalue weighted by molar-refractivity contribution is -0.0433. The third kappa shape index (κ3) is 4.34. The lowest BCUT2D eigenvalue weighted by Crippen LogP contribution is -2.44. The number of halogens is 1. The Bertz CT molecular complexity index is 484. The van der Waals surface area contributed by atoms with Gasteiger partial charge in [-0.3, -0.25) is 0 Å². The van der Waals surface area contributed by atoms with Crippen LogP contribution < -0.4 is 0 Å². The normalized spacial score (nSPS) is 19.8. The zero-order chi connectivity index (χ0) is 14.8. The number of rotatable bonds is 1. The van der Waals surface area contributed by atoms with E-state index in [1.807, 2.05) is 39.0 Å². The summed E-state index contributed by atoms with van der Waals surface area (Å²) >= 11 is 2.28. The Balaban J connectivity index is 2.03. The van der Waals surface area contributed by atoms with Gasteiger partial charge in [-0.1, -0.05) is 12.1 Å². The summed E-state index contributed by atoms with van der Waals surface area (Å²) in [6.45, 7) is 7.28. The second kappa shape index (κ2) is 6.30. The molecule has 5 heteroatoms. The van der Waals surface area contributed by atoms with Crippen LogP contribution >= 0.6 is 22.6 Å². The molecule has 0 saturated carbocycles. The average molecular weight is 389 g/mol. The van der Waals surface area contributed by atoms with E-state index in [1.165, 1.54) is 0 Å². The summed E-state index contributed by atoms with van der Waals surface area (Å²) < 4.78 is 12.4. The molecule has 20 heavy (non-hydrogen) atoms. The van der Waals surface area contributed by atoms with Crippen molar-refractivity contribution >= 4 is 28.7 Å². The summed E-state index contributed by atoms with van der Waals surface area (Å²) in [5, 5.41) is 0. The fourth-order valence-corrected chi connectivity index (χ4v) is 2.62. The van der Waals surface area contributed by atoms with Crippen LogP contribution in [0.15, 0.2) is 24.3 Å². The van der Waals surface area contributed by atoms with Gasteiger partial charge in [0.1, 0.15) is 11.7 Å². The number of ether oxygens (including phenoxy) is 2. The van der Waals surface area contributed by atoms with Gasteiger partial charge in [-0.2, -0.15) is 0 Å². The minimum Gasteiger partial charge on any atom is -0.444 e. The van der Waals surface area contributed by atoms with E-state index in [-0.39, 0.29) is 12.2 Å². The number of hydrogen-bond donors (Lipinski definition) is 0. The van der Waals surface area contributed by atoms with E-state index in [0.717, 1.165) is 9.13 Å². The molecule has 1 fully saturated rings. The fraction of sp³-hybridized carbons (Fsp3) is 0.533. The van der Waals surface area contributed by atoms with E-state index in [1.54, 1.807) is 4.90 Å².